The van der Waals surface area contributed by atoms with Gasteiger partial charge in [-0.2, -0.15) is 0 Å². The molecule has 0 bridgehead atoms. The number of morpholine rings is 1. The molecule has 128 valence electrons. The number of hydrogen-bond donors (Lipinski definition) is 1. The van der Waals surface area contributed by atoms with E-state index in [2.05, 4.69) is 33.7 Å². The first-order valence-corrected chi connectivity index (χ1v) is 8.48. The van der Waals surface area contributed by atoms with Crippen LogP contribution in [0.4, 0.5) is 5.82 Å². The van der Waals surface area contributed by atoms with Crippen molar-refractivity contribution in [1.29, 1.82) is 0 Å². The van der Waals surface area contributed by atoms with Crippen LogP contribution in [0.25, 0.3) is 11.4 Å². The van der Waals surface area contributed by atoms with Crippen LogP contribution >= 0.6 is 0 Å². The topological polar surface area (TPSA) is 71.1 Å². The van der Waals surface area contributed by atoms with Crippen LogP contribution in [0.1, 0.15) is 32.9 Å². The molecule has 1 aliphatic heterocycles. The molecule has 1 aliphatic rings. The van der Waals surface area contributed by atoms with Gasteiger partial charge in [0.25, 0.3) is 5.56 Å². The van der Waals surface area contributed by atoms with Crippen LogP contribution < -0.4 is 10.5 Å². The summed E-state index contributed by atoms with van der Waals surface area (Å²) in [6, 6.07) is 5.47. The van der Waals surface area contributed by atoms with E-state index in [-0.39, 0.29) is 11.2 Å². The standard InChI is InChI=1S/C18H24N4O2/c1-4-14-10-16(23)21-17(20-14)13-6-7-15(19-11-13)22-8-9-24-18(3,5-2)12-22/h6-7,10-11H,4-5,8-9,12H2,1-3H3,(H,20,21,23). The van der Waals surface area contributed by atoms with Crippen LogP contribution in [0.3, 0.4) is 0 Å². The van der Waals surface area contributed by atoms with Crippen molar-refractivity contribution in [1.82, 2.24) is 15.0 Å². The zero-order valence-electron chi connectivity index (χ0n) is 14.5. The Morgan fingerprint density at radius 3 is 2.88 bits per heavy atom. The van der Waals surface area contributed by atoms with Gasteiger partial charge in [0, 0.05) is 36.6 Å². The second-order valence-electron chi connectivity index (χ2n) is 6.42. The number of nitrogens with one attached hydrogen (secondary N) is 1. The summed E-state index contributed by atoms with van der Waals surface area (Å²) in [6.07, 6.45) is 3.47. The Balaban J connectivity index is 1.83. The molecule has 0 aromatic carbocycles. The predicted octanol–water partition coefficient (Wildman–Crippen LogP) is 2.40. The van der Waals surface area contributed by atoms with Gasteiger partial charge in [-0.25, -0.2) is 9.97 Å². The zero-order chi connectivity index (χ0) is 17.2. The van der Waals surface area contributed by atoms with E-state index in [1.807, 2.05) is 19.1 Å². The number of nitrogens with zero attached hydrogens (tertiary/aromatic N) is 3. The Morgan fingerprint density at radius 1 is 1.38 bits per heavy atom. The summed E-state index contributed by atoms with van der Waals surface area (Å²) in [6.45, 7) is 8.64. The molecule has 1 saturated heterocycles. The van der Waals surface area contributed by atoms with E-state index < -0.39 is 0 Å². The van der Waals surface area contributed by atoms with Crippen molar-refractivity contribution >= 4 is 5.82 Å². The fraction of sp³-hybridized carbons (Fsp3) is 0.500. The van der Waals surface area contributed by atoms with Crippen molar-refractivity contribution in [3.8, 4) is 11.4 Å². The van der Waals surface area contributed by atoms with E-state index >= 15 is 0 Å². The first-order valence-electron chi connectivity index (χ1n) is 8.48. The minimum Gasteiger partial charge on any atom is -0.372 e. The van der Waals surface area contributed by atoms with Gasteiger partial charge >= 0.3 is 0 Å². The third-order valence-corrected chi connectivity index (χ3v) is 4.59. The number of pyridine rings is 1. The summed E-state index contributed by atoms with van der Waals surface area (Å²) in [5.41, 5.74) is 1.34. The summed E-state index contributed by atoms with van der Waals surface area (Å²) in [4.78, 5) is 25.8. The SMILES string of the molecule is CCc1cc(=O)[nH]c(-c2ccc(N3CCOC(C)(CC)C3)nc2)n1. The van der Waals surface area contributed by atoms with E-state index in [1.165, 1.54) is 6.07 Å². The van der Waals surface area contributed by atoms with Crippen molar-refractivity contribution in [3.63, 3.8) is 0 Å². The molecule has 3 rings (SSSR count). The third-order valence-electron chi connectivity index (χ3n) is 4.59. The number of anilines is 1. The van der Waals surface area contributed by atoms with E-state index in [0.29, 0.717) is 12.4 Å². The highest BCUT2D eigenvalue weighted by molar-refractivity contribution is 5.56. The summed E-state index contributed by atoms with van der Waals surface area (Å²) in [7, 11) is 0. The highest BCUT2D eigenvalue weighted by Gasteiger charge is 2.30. The van der Waals surface area contributed by atoms with Gasteiger partial charge in [-0.15, -0.1) is 0 Å². The van der Waals surface area contributed by atoms with Crippen molar-refractivity contribution in [2.24, 2.45) is 0 Å². The first-order chi connectivity index (χ1) is 11.5. The molecule has 3 heterocycles. The molecule has 1 unspecified atom stereocenters. The van der Waals surface area contributed by atoms with Crippen molar-refractivity contribution in [2.75, 3.05) is 24.6 Å². The average molecular weight is 328 g/mol. The number of aromatic nitrogens is 3. The fourth-order valence-corrected chi connectivity index (χ4v) is 2.88. The van der Waals surface area contributed by atoms with Crippen LogP contribution in [0.5, 0.6) is 0 Å². The molecule has 2 aromatic rings. The molecule has 0 amide bonds. The van der Waals surface area contributed by atoms with Crippen molar-refractivity contribution in [2.45, 2.75) is 39.2 Å². The van der Waals surface area contributed by atoms with Crippen LogP contribution in [0.2, 0.25) is 0 Å². The first kappa shape index (κ1) is 16.6. The van der Waals surface area contributed by atoms with Gasteiger partial charge < -0.3 is 14.6 Å². The number of ether oxygens (including phenoxy) is 1. The highest BCUT2D eigenvalue weighted by Crippen LogP contribution is 2.25. The van der Waals surface area contributed by atoms with E-state index in [9.17, 15) is 4.79 Å². The molecular weight excluding hydrogens is 304 g/mol. The minimum absolute atomic E-state index is 0.124. The highest BCUT2D eigenvalue weighted by atomic mass is 16.5. The molecule has 0 radical (unpaired) electrons. The van der Waals surface area contributed by atoms with Gasteiger partial charge in [0.15, 0.2) is 0 Å². The maximum absolute atomic E-state index is 11.7. The monoisotopic (exact) mass is 328 g/mol. The van der Waals surface area contributed by atoms with E-state index in [1.54, 1.807) is 6.20 Å². The van der Waals surface area contributed by atoms with Crippen LogP contribution in [0.15, 0.2) is 29.2 Å². The number of aryl methyl sites for hydroxylation is 1. The maximum Gasteiger partial charge on any atom is 0.251 e. The molecule has 24 heavy (non-hydrogen) atoms. The number of rotatable bonds is 4. The van der Waals surface area contributed by atoms with E-state index in [4.69, 9.17) is 4.74 Å². The largest absolute Gasteiger partial charge is 0.372 e. The van der Waals surface area contributed by atoms with Gasteiger partial charge in [-0.3, -0.25) is 4.79 Å². The Morgan fingerprint density at radius 2 is 2.21 bits per heavy atom. The zero-order valence-corrected chi connectivity index (χ0v) is 14.5. The predicted molar refractivity (Wildman–Crippen MR) is 94.3 cm³/mol. The summed E-state index contributed by atoms with van der Waals surface area (Å²) in [5, 5.41) is 0. The second kappa shape index (κ2) is 6.73. The lowest BCUT2D eigenvalue weighted by Crippen LogP contribution is -2.50. The lowest BCUT2D eigenvalue weighted by Gasteiger charge is -2.40. The number of hydrogen-bond acceptors (Lipinski definition) is 5. The van der Waals surface area contributed by atoms with Gasteiger partial charge in [-0.1, -0.05) is 13.8 Å². The van der Waals surface area contributed by atoms with Gasteiger partial charge in [0.05, 0.1) is 12.2 Å². The smallest absolute Gasteiger partial charge is 0.251 e. The third kappa shape index (κ3) is 3.48. The molecule has 6 nitrogen and oxygen atoms in total. The molecular formula is C18H24N4O2. The fourth-order valence-electron chi connectivity index (χ4n) is 2.88. The Labute approximate surface area is 141 Å². The molecule has 6 heteroatoms. The Hall–Kier alpha value is -2.21. The molecule has 2 aromatic heterocycles. The molecule has 0 spiro atoms. The van der Waals surface area contributed by atoms with Gasteiger partial charge in [0.1, 0.15) is 11.6 Å². The summed E-state index contributed by atoms with van der Waals surface area (Å²) in [5.74, 6) is 1.49. The lowest BCUT2D eigenvalue weighted by atomic mass is 10.0. The van der Waals surface area contributed by atoms with Crippen LogP contribution in [-0.4, -0.2) is 40.2 Å². The quantitative estimate of drug-likeness (QED) is 0.933. The van der Waals surface area contributed by atoms with Gasteiger partial charge in [-0.05, 0) is 31.9 Å². The van der Waals surface area contributed by atoms with Gasteiger partial charge in [0.2, 0.25) is 0 Å². The molecule has 0 saturated carbocycles. The maximum atomic E-state index is 11.7. The van der Waals surface area contributed by atoms with Crippen LogP contribution in [0, 0.1) is 0 Å². The molecule has 0 aliphatic carbocycles. The summed E-state index contributed by atoms with van der Waals surface area (Å²) < 4.78 is 5.88. The Bertz CT molecular complexity index is 756. The lowest BCUT2D eigenvalue weighted by molar-refractivity contribution is -0.0443. The summed E-state index contributed by atoms with van der Waals surface area (Å²) >= 11 is 0. The molecule has 1 fully saturated rings. The average Bonchev–Trinajstić information content (AvgIpc) is 2.61. The molecule has 1 N–H and O–H groups in total. The molecule has 1 atom stereocenters. The number of aromatic amines is 1. The number of H-pyrrole nitrogens is 1. The Kier molecular flexibility index (Phi) is 4.66. The van der Waals surface area contributed by atoms with Crippen molar-refractivity contribution in [3.05, 3.63) is 40.4 Å². The second-order valence-corrected chi connectivity index (χ2v) is 6.42. The van der Waals surface area contributed by atoms with E-state index in [0.717, 1.165) is 43.0 Å². The van der Waals surface area contributed by atoms with Crippen LogP contribution in [-0.2, 0) is 11.2 Å². The minimum atomic E-state index is -0.132. The van der Waals surface area contributed by atoms with Crippen molar-refractivity contribution < 1.29 is 4.74 Å². The normalized spacial score (nSPS) is 21.0.